The molecule has 0 saturated heterocycles. The molecule has 4 nitrogen and oxygen atoms in total. The fourth-order valence-corrected chi connectivity index (χ4v) is 1.66. The molecule has 0 aliphatic carbocycles. The Kier molecular flexibility index (Phi) is 18.8. The Morgan fingerprint density at radius 3 is 1.21 bits per heavy atom. The Morgan fingerprint density at radius 2 is 1.07 bits per heavy atom. The summed E-state index contributed by atoms with van der Waals surface area (Å²) in [5.74, 6) is 0. The molecule has 0 heterocycles. The summed E-state index contributed by atoms with van der Waals surface area (Å²) in [5, 5.41) is 0. The van der Waals surface area contributed by atoms with Crippen LogP contribution in [0.1, 0.15) is 27.7 Å². The third-order valence-electron chi connectivity index (χ3n) is 1.20. The predicted molar refractivity (Wildman–Crippen MR) is 63.6 cm³/mol. The zero-order chi connectivity index (χ0) is 11.2. The van der Waals surface area contributed by atoms with Gasteiger partial charge in [0.05, 0.1) is 0 Å². The molecule has 0 aromatic heterocycles. The summed E-state index contributed by atoms with van der Waals surface area (Å²) < 4.78 is 20.3. The molecule has 0 aliphatic heterocycles. The molecule has 0 radical (unpaired) electrons. The Hall–Kier alpha value is 0.274. The Morgan fingerprint density at radius 1 is 0.786 bits per heavy atom. The van der Waals surface area contributed by atoms with Crippen LogP contribution >= 0.6 is 0 Å². The van der Waals surface area contributed by atoms with Crippen molar-refractivity contribution in [1.29, 1.82) is 0 Å². The molecule has 0 bridgehead atoms. The van der Waals surface area contributed by atoms with Crippen molar-refractivity contribution in [3.05, 3.63) is 0 Å². The van der Waals surface area contributed by atoms with Crippen molar-refractivity contribution in [3.8, 4) is 0 Å². The highest BCUT2D eigenvalue weighted by Gasteiger charge is 2.11. The van der Waals surface area contributed by atoms with E-state index in [1.54, 1.807) is 0 Å². The van der Waals surface area contributed by atoms with E-state index in [9.17, 15) is 0 Å². The molecule has 0 aromatic carbocycles. The number of hydrogen-bond acceptors (Lipinski definition) is 4. The van der Waals surface area contributed by atoms with Gasteiger partial charge in [-0.3, -0.25) is 0 Å². The van der Waals surface area contributed by atoms with Gasteiger partial charge in [0.2, 0.25) is 0 Å². The van der Waals surface area contributed by atoms with Gasteiger partial charge in [0.15, 0.2) is 0 Å². The van der Waals surface area contributed by atoms with E-state index in [-0.39, 0.29) is 0 Å². The fraction of sp³-hybridized carbons (Fsp3) is 1.00. The highest BCUT2D eigenvalue weighted by molar-refractivity contribution is 6.36. The Bertz CT molecular complexity index is 79.1. The first-order chi connectivity index (χ1) is 6.76. The van der Waals surface area contributed by atoms with E-state index in [4.69, 9.17) is 13.3 Å². The van der Waals surface area contributed by atoms with E-state index in [0.717, 1.165) is 17.1 Å². The van der Waals surface area contributed by atoms with Crippen molar-refractivity contribution in [2.24, 2.45) is 0 Å². The van der Waals surface area contributed by atoms with Gasteiger partial charge in [-0.05, 0) is 27.7 Å². The normalized spacial score (nSPS) is 10.1. The van der Waals surface area contributed by atoms with Crippen molar-refractivity contribution < 1.29 is 17.7 Å². The van der Waals surface area contributed by atoms with Crippen LogP contribution in [0.4, 0.5) is 0 Å². The van der Waals surface area contributed by atoms with Crippen molar-refractivity contribution in [2.45, 2.75) is 27.7 Å². The topological polar surface area (TPSA) is 36.9 Å². The Labute approximate surface area is 92.4 Å². The standard InChI is InChI=1S/C6H16O3Si.C2H8OSi/c1-4-7-10(8-5-2)9-6-3;1-2-3-4/h10H,4-6H2,1-3H3;2H2,1,4H3. The van der Waals surface area contributed by atoms with Gasteiger partial charge in [-0.1, -0.05) is 0 Å². The third kappa shape index (κ3) is 14.8. The molecule has 14 heavy (non-hydrogen) atoms. The smallest absolute Gasteiger partial charge is 0.428 e. The molecule has 0 spiro atoms. The molecule has 0 aromatic rings. The average Bonchev–Trinajstić information content (AvgIpc) is 2.20. The second-order valence-electron chi connectivity index (χ2n) is 2.23. The summed E-state index contributed by atoms with van der Waals surface area (Å²) in [6.45, 7) is 10.7. The molecule has 0 fully saturated rings. The van der Waals surface area contributed by atoms with Gasteiger partial charge >= 0.3 is 9.53 Å². The minimum absolute atomic E-state index is 0.677. The lowest BCUT2D eigenvalue weighted by Gasteiger charge is -2.12. The molecule has 88 valence electrons. The van der Waals surface area contributed by atoms with Gasteiger partial charge in [0, 0.05) is 26.4 Å². The number of rotatable bonds is 7. The van der Waals surface area contributed by atoms with Crippen LogP contribution in [0.15, 0.2) is 0 Å². The zero-order valence-corrected chi connectivity index (χ0v) is 13.2. The van der Waals surface area contributed by atoms with Gasteiger partial charge < -0.3 is 17.7 Å². The van der Waals surface area contributed by atoms with Crippen LogP contribution in [0.25, 0.3) is 0 Å². The van der Waals surface area contributed by atoms with Crippen LogP contribution in [0.3, 0.4) is 0 Å². The quantitative estimate of drug-likeness (QED) is 0.592. The first kappa shape index (κ1) is 16.7. The molecule has 0 rings (SSSR count). The van der Waals surface area contributed by atoms with Gasteiger partial charge in [-0.2, -0.15) is 0 Å². The maximum atomic E-state index is 5.22. The maximum Gasteiger partial charge on any atom is 0.484 e. The van der Waals surface area contributed by atoms with Crippen LogP contribution < -0.4 is 0 Å². The highest BCUT2D eigenvalue weighted by atomic mass is 28.3. The molecule has 6 heteroatoms. The van der Waals surface area contributed by atoms with Gasteiger partial charge in [0.1, 0.15) is 10.5 Å². The monoisotopic (exact) mass is 240 g/mol. The first-order valence-electron chi connectivity index (χ1n) is 5.10. The SMILES string of the molecule is CCO[SiH3].CCO[SiH](OCC)OCC. The molecular weight excluding hydrogens is 216 g/mol. The lowest BCUT2D eigenvalue weighted by molar-refractivity contribution is 0.107. The zero-order valence-electron chi connectivity index (χ0n) is 10.0. The minimum Gasteiger partial charge on any atom is -0.428 e. The van der Waals surface area contributed by atoms with Crippen molar-refractivity contribution in [2.75, 3.05) is 26.4 Å². The maximum absolute atomic E-state index is 5.22. The summed E-state index contributed by atoms with van der Waals surface area (Å²) in [7, 11) is -0.844. The van der Waals surface area contributed by atoms with Crippen molar-refractivity contribution >= 4 is 20.0 Å². The van der Waals surface area contributed by atoms with Crippen molar-refractivity contribution in [3.63, 3.8) is 0 Å². The molecule has 0 amide bonds. The lowest BCUT2D eigenvalue weighted by Crippen LogP contribution is -2.27. The largest absolute Gasteiger partial charge is 0.484 e. The van der Waals surface area contributed by atoms with Crippen LogP contribution in [0.2, 0.25) is 0 Å². The number of hydrogen-bond donors (Lipinski definition) is 0. The van der Waals surface area contributed by atoms with Gasteiger partial charge in [-0.25, -0.2) is 0 Å². The van der Waals surface area contributed by atoms with Gasteiger partial charge in [-0.15, -0.1) is 0 Å². The molecule has 0 saturated carbocycles. The highest BCUT2D eigenvalue weighted by Crippen LogP contribution is 1.90. The van der Waals surface area contributed by atoms with E-state index in [0.29, 0.717) is 19.8 Å². The predicted octanol–water partition coefficient (Wildman–Crippen LogP) is 0.116. The minimum atomic E-state index is -1.73. The molecule has 0 unspecified atom stereocenters. The van der Waals surface area contributed by atoms with Crippen LogP contribution in [-0.4, -0.2) is 46.4 Å². The molecule has 0 N–H and O–H groups in total. The third-order valence-corrected chi connectivity index (χ3v) is 3.59. The van der Waals surface area contributed by atoms with E-state index < -0.39 is 9.53 Å². The molecular formula is C8H24O4Si2. The van der Waals surface area contributed by atoms with E-state index in [1.165, 1.54) is 0 Å². The summed E-state index contributed by atoms with van der Waals surface area (Å²) in [5.41, 5.74) is 0. The second-order valence-corrected chi connectivity index (χ2v) is 4.39. The second kappa shape index (κ2) is 15.7. The fourth-order valence-electron chi connectivity index (χ4n) is 0.553. The molecule has 0 aliphatic rings. The summed E-state index contributed by atoms with van der Waals surface area (Å²) >= 11 is 0. The molecule has 0 atom stereocenters. The Balaban J connectivity index is 0. The first-order valence-corrected chi connectivity index (χ1v) is 7.33. The van der Waals surface area contributed by atoms with Crippen LogP contribution in [0.5, 0.6) is 0 Å². The summed E-state index contributed by atoms with van der Waals surface area (Å²) in [6, 6.07) is 0. The average molecular weight is 240 g/mol. The summed E-state index contributed by atoms with van der Waals surface area (Å²) in [4.78, 5) is 0. The van der Waals surface area contributed by atoms with E-state index >= 15 is 0 Å². The van der Waals surface area contributed by atoms with Crippen LogP contribution in [-0.2, 0) is 17.7 Å². The van der Waals surface area contributed by atoms with E-state index in [2.05, 4.69) is 4.43 Å². The van der Waals surface area contributed by atoms with E-state index in [1.807, 2.05) is 27.7 Å². The van der Waals surface area contributed by atoms with Crippen molar-refractivity contribution in [1.82, 2.24) is 0 Å². The lowest BCUT2D eigenvalue weighted by atomic mass is 10.9. The van der Waals surface area contributed by atoms with Gasteiger partial charge in [0.25, 0.3) is 0 Å². The van der Waals surface area contributed by atoms with Crippen LogP contribution in [0, 0.1) is 0 Å². The summed E-state index contributed by atoms with van der Waals surface area (Å²) in [6.07, 6.45) is 0.